The number of phenolic OH excluding ortho intramolecular Hbond substituents is 1. The van der Waals surface area contributed by atoms with Crippen molar-refractivity contribution in [3.63, 3.8) is 0 Å². The molecule has 1 aromatic carbocycles. The minimum atomic E-state index is -0.474. The van der Waals surface area contributed by atoms with E-state index in [2.05, 4.69) is 18.7 Å². The van der Waals surface area contributed by atoms with Crippen molar-refractivity contribution >= 4 is 18.1 Å². The molecule has 0 spiro atoms. The van der Waals surface area contributed by atoms with Gasteiger partial charge in [0, 0.05) is 36.4 Å². The Morgan fingerprint density at radius 2 is 1.94 bits per heavy atom. The van der Waals surface area contributed by atoms with Crippen LogP contribution in [0.15, 0.2) is 18.2 Å². The van der Waals surface area contributed by atoms with Crippen molar-refractivity contribution in [1.29, 1.82) is 0 Å². The molecule has 0 unspecified atom stereocenters. The van der Waals surface area contributed by atoms with Gasteiger partial charge in [-0.3, -0.25) is 4.39 Å². The van der Waals surface area contributed by atoms with Crippen LogP contribution < -0.4 is 10.6 Å². The first-order valence-corrected chi connectivity index (χ1v) is 6.03. The van der Waals surface area contributed by atoms with Gasteiger partial charge in [0.15, 0.2) is 0 Å². The summed E-state index contributed by atoms with van der Waals surface area (Å²) in [4.78, 5) is 2.13. The van der Waals surface area contributed by atoms with Gasteiger partial charge in [-0.2, -0.15) is 0 Å². The first kappa shape index (κ1) is 17.0. The van der Waals surface area contributed by atoms with E-state index in [0.717, 1.165) is 18.8 Å². The minimum Gasteiger partial charge on any atom is -0.508 e. The minimum absolute atomic E-state index is 0. The van der Waals surface area contributed by atoms with Crippen molar-refractivity contribution in [2.75, 3.05) is 24.7 Å². The van der Waals surface area contributed by atoms with E-state index in [1.54, 1.807) is 12.1 Å². The summed E-state index contributed by atoms with van der Waals surface area (Å²) >= 11 is 0. The summed E-state index contributed by atoms with van der Waals surface area (Å²) in [5.74, 6) is 0.148. The number of rotatable bonds is 6. The van der Waals surface area contributed by atoms with E-state index in [1.165, 1.54) is 0 Å². The SMILES string of the molecule is CCN(CC)c1ccc([C@H](N)CCF)c(O)c1.Cl. The largest absolute Gasteiger partial charge is 0.508 e. The monoisotopic (exact) mass is 276 g/mol. The fourth-order valence-corrected chi connectivity index (χ4v) is 1.90. The third-order valence-corrected chi connectivity index (χ3v) is 2.96. The zero-order valence-corrected chi connectivity index (χ0v) is 11.7. The number of benzene rings is 1. The molecule has 0 aromatic heterocycles. The Kier molecular flexibility index (Phi) is 7.71. The number of aromatic hydroxyl groups is 1. The molecule has 0 fully saturated rings. The fraction of sp³-hybridized carbons (Fsp3) is 0.538. The van der Waals surface area contributed by atoms with E-state index in [9.17, 15) is 9.50 Å². The van der Waals surface area contributed by atoms with E-state index < -0.39 is 12.7 Å². The molecule has 1 atom stereocenters. The standard InChI is InChI=1S/C13H21FN2O.ClH/c1-3-16(4-2)10-5-6-11(13(17)9-10)12(15)7-8-14;/h5-6,9,12,17H,3-4,7-8,15H2,1-2H3;1H/t12-;/m1./s1. The van der Waals surface area contributed by atoms with Gasteiger partial charge < -0.3 is 15.7 Å². The lowest BCUT2D eigenvalue weighted by atomic mass is 10.0. The highest BCUT2D eigenvalue weighted by atomic mass is 35.5. The fourth-order valence-electron chi connectivity index (χ4n) is 1.90. The van der Waals surface area contributed by atoms with Crippen LogP contribution in [0.5, 0.6) is 5.75 Å². The highest BCUT2D eigenvalue weighted by molar-refractivity contribution is 5.85. The molecule has 5 heteroatoms. The van der Waals surface area contributed by atoms with Gasteiger partial charge >= 0.3 is 0 Å². The molecule has 0 radical (unpaired) electrons. The molecule has 0 saturated heterocycles. The van der Waals surface area contributed by atoms with Crippen LogP contribution in [0.2, 0.25) is 0 Å². The predicted molar refractivity (Wildman–Crippen MR) is 76.4 cm³/mol. The van der Waals surface area contributed by atoms with E-state index >= 15 is 0 Å². The van der Waals surface area contributed by atoms with Gasteiger partial charge in [-0.25, -0.2) is 0 Å². The third kappa shape index (κ3) is 4.03. The van der Waals surface area contributed by atoms with E-state index in [-0.39, 0.29) is 24.6 Å². The summed E-state index contributed by atoms with van der Waals surface area (Å²) in [6.07, 6.45) is 0.234. The van der Waals surface area contributed by atoms with Crippen LogP contribution in [0.25, 0.3) is 0 Å². The van der Waals surface area contributed by atoms with Crippen molar-refractivity contribution in [1.82, 2.24) is 0 Å². The van der Waals surface area contributed by atoms with Crippen molar-refractivity contribution in [3.05, 3.63) is 23.8 Å². The van der Waals surface area contributed by atoms with Crippen LogP contribution >= 0.6 is 12.4 Å². The molecule has 3 N–H and O–H groups in total. The molecular weight excluding hydrogens is 255 g/mol. The summed E-state index contributed by atoms with van der Waals surface area (Å²) in [6, 6.07) is 4.95. The molecule has 0 aliphatic heterocycles. The molecule has 0 amide bonds. The number of phenols is 1. The number of hydrogen-bond acceptors (Lipinski definition) is 3. The molecular formula is C13H22ClFN2O. The first-order chi connectivity index (χ1) is 8.13. The molecule has 3 nitrogen and oxygen atoms in total. The van der Waals surface area contributed by atoms with Crippen LogP contribution in [-0.4, -0.2) is 24.9 Å². The lowest BCUT2D eigenvalue weighted by Gasteiger charge is -2.22. The van der Waals surface area contributed by atoms with Gasteiger partial charge in [-0.15, -0.1) is 12.4 Å². The second kappa shape index (κ2) is 8.16. The number of hydrogen-bond donors (Lipinski definition) is 2. The maximum Gasteiger partial charge on any atom is 0.122 e. The Balaban J connectivity index is 0.00000289. The number of alkyl halides is 1. The van der Waals surface area contributed by atoms with Crippen molar-refractivity contribution in [2.45, 2.75) is 26.3 Å². The van der Waals surface area contributed by atoms with Crippen LogP contribution in [0.1, 0.15) is 31.9 Å². The first-order valence-electron chi connectivity index (χ1n) is 6.03. The highest BCUT2D eigenvalue weighted by Crippen LogP contribution is 2.29. The van der Waals surface area contributed by atoms with Gasteiger partial charge in [0.05, 0.1) is 6.67 Å². The van der Waals surface area contributed by atoms with Crippen LogP contribution in [0, 0.1) is 0 Å². The Morgan fingerprint density at radius 1 is 1.33 bits per heavy atom. The topological polar surface area (TPSA) is 49.5 Å². The summed E-state index contributed by atoms with van der Waals surface area (Å²) < 4.78 is 12.2. The number of nitrogens with two attached hydrogens (primary N) is 1. The summed E-state index contributed by atoms with van der Waals surface area (Å²) in [7, 11) is 0. The molecule has 18 heavy (non-hydrogen) atoms. The number of anilines is 1. The molecule has 1 aromatic rings. The normalized spacial score (nSPS) is 11.8. The number of nitrogens with zero attached hydrogens (tertiary/aromatic N) is 1. The average Bonchev–Trinajstić information content (AvgIpc) is 2.31. The van der Waals surface area contributed by atoms with Gasteiger partial charge in [0.25, 0.3) is 0 Å². The lowest BCUT2D eigenvalue weighted by Crippen LogP contribution is -2.21. The zero-order chi connectivity index (χ0) is 12.8. The summed E-state index contributed by atoms with van der Waals surface area (Å²) in [5.41, 5.74) is 7.36. The van der Waals surface area contributed by atoms with Gasteiger partial charge in [-0.05, 0) is 26.3 Å². The molecule has 0 bridgehead atoms. The van der Waals surface area contributed by atoms with Crippen molar-refractivity contribution in [2.24, 2.45) is 5.73 Å². The molecule has 0 aliphatic rings. The van der Waals surface area contributed by atoms with Gasteiger partial charge in [-0.1, -0.05) is 6.07 Å². The number of halogens is 2. The van der Waals surface area contributed by atoms with E-state index in [1.807, 2.05) is 6.07 Å². The van der Waals surface area contributed by atoms with Gasteiger partial charge in [0.1, 0.15) is 5.75 Å². The summed E-state index contributed by atoms with van der Waals surface area (Å²) in [6.45, 7) is 5.41. The van der Waals surface area contributed by atoms with Crippen molar-refractivity contribution < 1.29 is 9.50 Å². The Labute approximate surface area is 114 Å². The quantitative estimate of drug-likeness (QED) is 0.840. The van der Waals surface area contributed by atoms with E-state index in [4.69, 9.17) is 5.73 Å². The maximum atomic E-state index is 12.2. The molecule has 0 saturated carbocycles. The third-order valence-electron chi connectivity index (χ3n) is 2.96. The van der Waals surface area contributed by atoms with Crippen molar-refractivity contribution in [3.8, 4) is 5.75 Å². The molecule has 104 valence electrons. The smallest absolute Gasteiger partial charge is 0.122 e. The second-order valence-corrected chi connectivity index (χ2v) is 4.00. The summed E-state index contributed by atoms with van der Waals surface area (Å²) in [5, 5.41) is 9.90. The zero-order valence-electron chi connectivity index (χ0n) is 10.9. The Hall–Kier alpha value is -1.00. The van der Waals surface area contributed by atoms with Gasteiger partial charge in [0.2, 0.25) is 0 Å². The Bertz CT molecular complexity index is 359. The van der Waals surface area contributed by atoms with Crippen LogP contribution in [-0.2, 0) is 0 Å². The second-order valence-electron chi connectivity index (χ2n) is 4.00. The molecule has 0 heterocycles. The van der Waals surface area contributed by atoms with E-state index in [0.29, 0.717) is 5.56 Å². The lowest BCUT2D eigenvalue weighted by molar-refractivity contribution is 0.424. The molecule has 1 rings (SSSR count). The highest BCUT2D eigenvalue weighted by Gasteiger charge is 2.12. The molecule has 0 aliphatic carbocycles. The predicted octanol–water partition coefficient (Wildman–Crippen LogP) is 3.02. The van der Waals surface area contributed by atoms with Crippen LogP contribution in [0.3, 0.4) is 0 Å². The maximum absolute atomic E-state index is 12.2. The Morgan fingerprint density at radius 3 is 2.39 bits per heavy atom. The average molecular weight is 277 g/mol. The van der Waals surface area contributed by atoms with Crippen LogP contribution in [0.4, 0.5) is 10.1 Å².